The predicted molar refractivity (Wildman–Crippen MR) is 74.6 cm³/mol. The average molecular weight is 277 g/mol. The highest BCUT2D eigenvalue weighted by molar-refractivity contribution is 8.01. The summed E-state index contributed by atoms with van der Waals surface area (Å²) in [6.45, 7) is 1.48. The summed E-state index contributed by atoms with van der Waals surface area (Å²) < 4.78 is 1.07. The lowest BCUT2D eigenvalue weighted by atomic mass is 10.3. The maximum absolute atomic E-state index is 10.9. The Morgan fingerprint density at radius 2 is 1.94 bits per heavy atom. The largest absolute Gasteiger partial charge is 0.326 e. The van der Waals surface area contributed by atoms with Crippen LogP contribution >= 0.6 is 23.1 Å². The third-order valence-corrected chi connectivity index (χ3v) is 4.26. The SMILES string of the molecule is CC(=O)Nc1ccc(Sc2ccc(C=O)s2)cc1. The van der Waals surface area contributed by atoms with Crippen LogP contribution in [0.4, 0.5) is 5.69 Å². The molecule has 1 heterocycles. The van der Waals surface area contributed by atoms with Gasteiger partial charge in [-0.2, -0.15) is 0 Å². The highest BCUT2D eigenvalue weighted by atomic mass is 32.2. The normalized spacial score (nSPS) is 10.1. The molecular weight excluding hydrogens is 266 g/mol. The Balaban J connectivity index is 2.05. The molecule has 0 spiro atoms. The van der Waals surface area contributed by atoms with E-state index in [0.29, 0.717) is 0 Å². The summed E-state index contributed by atoms with van der Waals surface area (Å²) in [5.41, 5.74) is 0.784. The van der Waals surface area contributed by atoms with E-state index in [9.17, 15) is 9.59 Å². The van der Waals surface area contributed by atoms with Crippen molar-refractivity contribution in [3.63, 3.8) is 0 Å². The number of aldehydes is 1. The molecule has 0 saturated heterocycles. The molecule has 2 aromatic rings. The molecule has 18 heavy (non-hydrogen) atoms. The fourth-order valence-corrected chi connectivity index (χ4v) is 3.32. The number of amides is 1. The second kappa shape index (κ2) is 5.84. The van der Waals surface area contributed by atoms with E-state index in [1.807, 2.05) is 36.4 Å². The minimum Gasteiger partial charge on any atom is -0.326 e. The standard InChI is InChI=1S/C13H11NO2S2/c1-9(16)14-10-2-4-11(5-3-10)17-13-7-6-12(8-15)18-13/h2-8H,1H3,(H,14,16). The molecule has 92 valence electrons. The van der Waals surface area contributed by atoms with Crippen LogP contribution in [0, 0.1) is 0 Å². The van der Waals surface area contributed by atoms with Crippen molar-refractivity contribution in [2.75, 3.05) is 5.32 Å². The minimum atomic E-state index is -0.0794. The van der Waals surface area contributed by atoms with Gasteiger partial charge in [0.15, 0.2) is 6.29 Å². The van der Waals surface area contributed by atoms with Crippen molar-refractivity contribution < 1.29 is 9.59 Å². The minimum absolute atomic E-state index is 0.0794. The molecule has 1 aromatic carbocycles. The molecule has 0 aliphatic carbocycles. The first-order chi connectivity index (χ1) is 8.67. The zero-order valence-corrected chi connectivity index (χ0v) is 11.3. The van der Waals surface area contributed by atoms with Gasteiger partial charge in [-0.05, 0) is 36.4 Å². The van der Waals surface area contributed by atoms with E-state index in [1.54, 1.807) is 11.8 Å². The number of benzene rings is 1. The van der Waals surface area contributed by atoms with Gasteiger partial charge in [0.25, 0.3) is 0 Å². The van der Waals surface area contributed by atoms with Crippen molar-refractivity contribution >= 4 is 41.0 Å². The van der Waals surface area contributed by atoms with Gasteiger partial charge in [0, 0.05) is 17.5 Å². The molecule has 0 atom stereocenters. The second-order valence-electron chi connectivity index (χ2n) is 3.58. The molecule has 0 aliphatic heterocycles. The monoisotopic (exact) mass is 277 g/mol. The van der Waals surface area contributed by atoms with Crippen molar-refractivity contribution in [2.45, 2.75) is 16.0 Å². The van der Waals surface area contributed by atoms with Crippen LogP contribution in [0.2, 0.25) is 0 Å². The lowest BCUT2D eigenvalue weighted by Crippen LogP contribution is -2.05. The number of anilines is 1. The van der Waals surface area contributed by atoms with E-state index in [0.717, 1.165) is 26.0 Å². The van der Waals surface area contributed by atoms with E-state index in [2.05, 4.69) is 5.32 Å². The van der Waals surface area contributed by atoms with Crippen molar-refractivity contribution in [1.29, 1.82) is 0 Å². The highest BCUT2D eigenvalue weighted by Crippen LogP contribution is 2.33. The highest BCUT2D eigenvalue weighted by Gasteiger charge is 2.02. The van der Waals surface area contributed by atoms with Crippen molar-refractivity contribution in [3.05, 3.63) is 41.3 Å². The molecule has 2 rings (SSSR count). The molecule has 0 radical (unpaired) electrons. The van der Waals surface area contributed by atoms with Crippen LogP contribution in [-0.4, -0.2) is 12.2 Å². The van der Waals surface area contributed by atoms with Crippen LogP contribution < -0.4 is 5.32 Å². The van der Waals surface area contributed by atoms with Crippen molar-refractivity contribution in [1.82, 2.24) is 0 Å². The Labute approximate surface area is 113 Å². The molecular formula is C13H11NO2S2. The van der Waals surface area contributed by atoms with Crippen molar-refractivity contribution in [3.8, 4) is 0 Å². The molecule has 0 bridgehead atoms. The van der Waals surface area contributed by atoms with Crippen LogP contribution in [0.3, 0.4) is 0 Å². The molecule has 0 aliphatic rings. The van der Waals surface area contributed by atoms with Gasteiger partial charge >= 0.3 is 0 Å². The predicted octanol–water partition coefficient (Wildman–Crippen LogP) is 3.67. The Bertz CT molecular complexity index is 561. The Morgan fingerprint density at radius 1 is 1.22 bits per heavy atom. The maximum Gasteiger partial charge on any atom is 0.221 e. The van der Waals surface area contributed by atoms with E-state index >= 15 is 0 Å². The third kappa shape index (κ3) is 3.45. The summed E-state index contributed by atoms with van der Waals surface area (Å²) in [5.74, 6) is -0.0794. The van der Waals surface area contributed by atoms with Gasteiger partial charge in [-0.15, -0.1) is 11.3 Å². The van der Waals surface area contributed by atoms with Crippen molar-refractivity contribution in [2.24, 2.45) is 0 Å². The lowest BCUT2D eigenvalue weighted by molar-refractivity contribution is -0.114. The number of nitrogens with one attached hydrogen (secondary N) is 1. The summed E-state index contributed by atoms with van der Waals surface area (Å²) in [5, 5.41) is 2.72. The van der Waals surface area contributed by atoms with Gasteiger partial charge < -0.3 is 5.32 Å². The number of rotatable bonds is 4. The first-order valence-electron chi connectivity index (χ1n) is 5.28. The molecule has 1 N–H and O–H groups in total. The number of carbonyl (C=O) groups is 2. The summed E-state index contributed by atoms with van der Waals surface area (Å²) in [6.07, 6.45) is 0.856. The molecule has 0 unspecified atom stereocenters. The van der Waals surface area contributed by atoms with Crippen LogP contribution in [0.25, 0.3) is 0 Å². The smallest absolute Gasteiger partial charge is 0.221 e. The number of hydrogen-bond acceptors (Lipinski definition) is 4. The number of carbonyl (C=O) groups excluding carboxylic acids is 2. The summed E-state index contributed by atoms with van der Waals surface area (Å²) in [7, 11) is 0. The third-order valence-electron chi connectivity index (χ3n) is 2.11. The average Bonchev–Trinajstić information content (AvgIpc) is 2.79. The lowest BCUT2D eigenvalue weighted by Gasteiger charge is -2.03. The number of thiophene rings is 1. The summed E-state index contributed by atoms with van der Waals surface area (Å²) in [4.78, 5) is 23.3. The van der Waals surface area contributed by atoms with Crippen LogP contribution in [0.1, 0.15) is 16.6 Å². The molecule has 1 amide bonds. The molecule has 1 aromatic heterocycles. The van der Waals surface area contributed by atoms with Gasteiger partial charge in [0.1, 0.15) is 0 Å². The van der Waals surface area contributed by atoms with Gasteiger partial charge in [-0.25, -0.2) is 0 Å². The van der Waals surface area contributed by atoms with Gasteiger partial charge in [0.2, 0.25) is 5.91 Å². The van der Waals surface area contributed by atoms with E-state index in [1.165, 1.54) is 18.3 Å². The fourth-order valence-electron chi connectivity index (χ4n) is 1.38. The Kier molecular flexibility index (Phi) is 4.17. The molecule has 5 heteroatoms. The van der Waals surface area contributed by atoms with Crippen LogP contribution in [-0.2, 0) is 4.79 Å². The molecule has 0 saturated carbocycles. The van der Waals surface area contributed by atoms with Gasteiger partial charge in [0.05, 0.1) is 9.09 Å². The topological polar surface area (TPSA) is 46.2 Å². The first-order valence-corrected chi connectivity index (χ1v) is 6.91. The van der Waals surface area contributed by atoms with Crippen LogP contribution in [0.5, 0.6) is 0 Å². The fraction of sp³-hybridized carbons (Fsp3) is 0.0769. The Morgan fingerprint density at radius 3 is 2.50 bits per heavy atom. The molecule has 3 nitrogen and oxygen atoms in total. The van der Waals surface area contributed by atoms with Crippen LogP contribution in [0.15, 0.2) is 45.5 Å². The van der Waals surface area contributed by atoms with Gasteiger partial charge in [-0.1, -0.05) is 11.8 Å². The molecule has 0 fully saturated rings. The Hall–Kier alpha value is -1.59. The zero-order valence-electron chi connectivity index (χ0n) is 9.67. The van der Waals surface area contributed by atoms with Gasteiger partial charge in [-0.3, -0.25) is 9.59 Å². The second-order valence-corrected chi connectivity index (χ2v) is 6.07. The van der Waals surface area contributed by atoms with E-state index < -0.39 is 0 Å². The van der Waals surface area contributed by atoms with E-state index in [-0.39, 0.29) is 5.91 Å². The maximum atomic E-state index is 10.9. The summed E-state index contributed by atoms with van der Waals surface area (Å²) >= 11 is 3.07. The van der Waals surface area contributed by atoms with E-state index in [4.69, 9.17) is 0 Å². The first kappa shape index (κ1) is 12.9. The zero-order chi connectivity index (χ0) is 13.0. The summed E-state index contributed by atoms with van der Waals surface area (Å²) in [6, 6.07) is 11.3. The number of hydrogen-bond donors (Lipinski definition) is 1. The quantitative estimate of drug-likeness (QED) is 0.867.